The second-order valence-electron chi connectivity index (χ2n) is 4.82. The fraction of sp³-hybridized carbons (Fsp3) is 0.571. The van der Waals surface area contributed by atoms with E-state index in [-0.39, 0.29) is 11.5 Å². The van der Waals surface area contributed by atoms with Gasteiger partial charge in [0.15, 0.2) is 11.5 Å². The van der Waals surface area contributed by atoms with E-state index in [0.29, 0.717) is 12.5 Å². The lowest BCUT2D eigenvalue weighted by atomic mass is 10.2. The van der Waals surface area contributed by atoms with E-state index >= 15 is 0 Å². The average molecular weight is 253 g/mol. The van der Waals surface area contributed by atoms with Crippen LogP contribution in [0.4, 0.5) is 0 Å². The highest BCUT2D eigenvalue weighted by atomic mass is 16.5. The third-order valence-electron chi connectivity index (χ3n) is 2.46. The van der Waals surface area contributed by atoms with Crippen molar-refractivity contribution in [2.75, 3.05) is 19.8 Å². The zero-order valence-corrected chi connectivity index (χ0v) is 11.1. The van der Waals surface area contributed by atoms with E-state index in [1.54, 1.807) is 12.1 Å². The molecule has 0 aliphatic rings. The third kappa shape index (κ3) is 5.89. The lowest BCUT2D eigenvalue weighted by molar-refractivity contribution is 0.108. The molecule has 4 heteroatoms. The number of phenolic OH excluding ortho intramolecular Hbond substituents is 2. The Kier molecular flexibility index (Phi) is 6.54. The molecule has 1 aromatic carbocycles. The van der Waals surface area contributed by atoms with Crippen LogP contribution in [-0.4, -0.2) is 30.0 Å². The zero-order chi connectivity index (χ0) is 13.4. The molecule has 0 saturated carbocycles. The summed E-state index contributed by atoms with van der Waals surface area (Å²) in [6.45, 7) is 7.40. The SMILES string of the molecule is CC(C)COCCCNCc1ccc(O)c(O)c1. The molecule has 0 aliphatic carbocycles. The largest absolute Gasteiger partial charge is 0.504 e. The van der Waals surface area contributed by atoms with Crippen LogP contribution >= 0.6 is 0 Å². The normalized spacial score (nSPS) is 11.1. The Morgan fingerprint density at radius 2 is 2.00 bits per heavy atom. The van der Waals surface area contributed by atoms with Crippen LogP contribution in [0.3, 0.4) is 0 Å². The summed E-state index contributed by atoms with van der Waals surface area (Å²) in [7, 11) is 0. The topological polar surface area (TPSA) is 61.7 Å². The molecule has 0 heterocycles. The minimum Gasteiger partial charge on any atom is -0.504 e. The Morgan fingerprint density at radius 1 is 1.22 bits per heavy atom. The van der Waals surface area contributed by atoms with Crippen molar-refractivity contribution in [3.05, 3.63) is 23.8 Å². The van der Waals surface area contributed by atoms with E-state index in [1.807, 2.05) is 0 Å². The monoisotopic (exact) mass is 253 g/mol. The van der Waals surface area contributed by atoms with Gasteiger partial charge in [-0.05, 0) is 36.6 Å². The van der Waals surface area contributed by atoms with Gasteiger partial charge < -0.3 is 20.3 Å². The molecular formula is C14H23NO3. The van der Waals surface area contributed by atoms with Crippen molar-refractivity contribution in [1.82, 2.24) is 5.32 Å². The van der Waals surface area contributed by atoms with Crippen LogP contribution in [0.15, 0.2) is 18.2 Å². The molecule has 4 nitrogen and oxygen atoms in total. The minimum atomic E-state index is -0.0826. The maximum Gasteiger partial charge on any atom is 0.157 e. The number of hydrogen-bond donors (Lipinski definition) is 3. The minimum absolute atomic E-state index is 0.0745. The van der Waals surface area contributed by atoms with Crippen molar-refractivity contribution >= 4 is 0 Å². The van der Waals surface area contributed by atoms with Gasteiger partial charge in [0.2, 0.25) is 0 Å². The van der Waals surface area contributed by atoms with Gasteiger partial charge in [0.05, 0.1) is 0 Å². The van der Waals surface area contributed by atoms with E-state index in [4.69, 9.17) is 4.74 Å². The Hall–Kier alpha value is -1.26. The summed E-state index contributed by atoms with van der Waals surface area (Å²) in [5.41, 5.74) is 0.952. The smallest absolute Gasteiger partial charge is 0.157 e. The fourth-order valence-corrected chi connectivity index (χ4v) is 1.53. The fourth-order valence-electron chi connectivity index (χ4n) is 1.53. The standard InChI is InChI=1S/C14H23NO3/c1-11(2)10-18-7-3-6-15-9-12-4-5-13(16)14(17)8-12/h4-5,8,11,15-17H,3,6-7,9-10H2,1-2H3. The van der Waals surface area contributed by atoms with Gasteiger partial charge in [0.1, 0.15) is 0 Å². The molecule has 0 unspecified atom stereocenters. The summed E-state index contributed by atoms with van der Waals surface area (Å²) in [6, 6.07) is 4.85. The van der Waals surface area contributed by atoms with Crippen molar-refractivity contribution in [2.45, 2.75) is 26.8 Å². The molecule has 102 valence electrons. The van der Waals surface area contributed by atoms with Gasteiger partial charge >= 0.3 is 0 Å². The number of ether oxygens (including phenoxy) is 1. The van der Waals surface area contributed by atoms with Crippen LogP contribution < -0.4 is 5.32 Å². The van der Waals surface area contributed by atoms with Gasteiger partial charge in [0.25, 0.3) is 0 Å². The second-order valence-corrected chi connectivity index (χ2v) is 4.82. The molecule has 0 fully saturated rings. The molecule has 0 radical (unpaired) electrons. The van der Waals surface area contributed by atoms with Gasteiger partial charge in [-0.3, -0.25) is 0 Å². The number of benzene rings is 1. The number of aromatic hydroxyl groups is 2. The first kappa shape index (κ1) is 14.8. The van der Waals surface area contributed by atoms with Gasteiger partial charge in [0, 0.05) is 19.8 Å². The molecule has 1 aromatic rings. The van der Waals surface area contributed by atoms with Crippen molar-refractivity contribution < 1.29 is 14.9 Å². The van der Waals surface area contributed by atoms with Crippen LogP contribution in [0.25, 0.3) is 0 Å². The number of nitrogens with one attached hydrogen (secondary N) is 1. The van der Waals surface area contributed by atoms with Crippen LogP contribution in [0.1, 0.15) is 25.8 Å². The van der Waals surface area contributed by atoms with Crippen LogP contribution in [0.5, 0.6) is 11.5 Å². The van der Waals surface area contributed by atoms with E-state index < -0.39 is 0 Å². The quantitative estimate of drug-likeness (QED) is 0.491. The van der Waals surface area contributed by atoms with Gasteiger partial charge in [-0.25, -0.2) is 0 Å². The van der Waals surface area contributed by atoms with Gasteiger partial charge in [-0.2, -0.15) is 0 Å². The van der Waals surface area contributed by atoms with E-state index in [2.05, 4.69) is 19.2 Å². The lowest BCUT2D eigenvalue weighted by Gasteiger charge is -2.08. The van der Waals surface area contributed by atoms with Crippen LogP contribution in [-0.2, 0) is 11.3 Å². The molecule has 0 spiro atoms. The molecule has 1 rings (SSSR count). The third-order valence-corrected chi connectivity index (χ3v) is 2.46. The molecule has 0 bridgehead atoms. The van der Waals surface area contributed by atoms with E-state index in [9.17, 15) is 10.2 Å². The predicted molar refractivity (Wildman–Crippen MR) is 71.8 cm³/mol. The Balaban J connectivity index is 2.09. The summed E-state index contributed by atoms with van der Waals surface area (Å²) >= 11 is 0. The zero-order valence-electron chi connectivity index (χ0n) is 11.1. The average Bonchev–Trinajstić information content (AvgIpc) is 2.32. The molecule has 0 aromatic heterocycles. The molecule has 0 saturated heterocycles. The van der Waals surface area contributed by atoms with Crippen LogP contribution in [0.2, 0.25) is 0 Å². The summed E-state index contributed by atoms with van der Waals surface area (Å²) < 4.78 is 5.47. The maximum absolute atomic E-state index is 9.33. The number of rotatable bonds is 8. The highest BCUT2D eigenvalue weighted by molar-refractivity contribution is 5.40. The van der Waals surface area contributed by atoms with Crippen molar-refractivity contribution in [3.8, 4) is 11.5 Å². The lowest BCUT2D eigenvalue weighted by Crippen LogP contribution is -2.16. The van der Waals surface area contributed by atoms with E-state index in [1.165, 1.54) is 6.07 Å². The maximum atomic E-state index is 9.33. The van der Waals surface area contributed by atoms with E-state index in [0.717, 1.165) is 31.7 Å². The first-order chi connectivity index (χ1) is 8.59. The number of phenols is 2. The van der Waals surface area contributed by atoms with Crippen molar-refractivity contribution in [3.63, 3.8) is 0 Å². The summed E-state index contributed by atoms with van der Waals surface area (Å²) in [5.74, 6) is 0.424. The summed E-state index contributed by atoms with van der Waals surface area (Å²) in [6.07, 6.45) is 0.969. The Bertz CT molecular complexity index is 353. The Labute approximate surface area is 109 Å². The molecule has 0 aliphatic heterocycles. The first-order valence-corrected chi connectivity index (χ1v) is 6.39. The molecular weight excluding hydrogens is 230 g/mol. The highest BCUT2D eigenvalue weighted by Crippen LogP contribution is 2.24. The van der Waals surface area contributed by atoms with Gasteiger partial charge in [-0.1, -0.05) is 19.9 Å². The second kappa shape index (κ2) is 7.95. The van der Waals surface area contributed by atoms with Crippen molar-refractivity contribution in [2.24, 2.45) is 5.92 Å². The Morgan fingerprint density at radius 3 is 2.67 bits per heavy atom. The number of hydrogen-bond acceptors (Lipinski definition) is 4. The summed E-state index contributed by atoms with van der Waals surface area (Å²) in [4.78, 5) is 0. The molecule has 3 N–H and O–H groups in total. The van der Waals surface area contributed by atoms with Gasteiger partial charge in [-0.15, -0.1) is 0 Å². The highest BCUT2D eigenvalue weighted by Gasteiger charge is 2.00. The molecule has 0 amide bonds. The molecule has 18 heavy (non-hydrogen) atoms. The predicted octanol–water partition coefficient (Wildman–Crippen LogP) is 2.25. The first-order valence-electron chi connectivity index (χ1n) is 6.39. The van der Waals surface area contributed by atoms with Crippen molar-refractivity contribution in [1.29, 1.82) is 0 Å². The molecule has 0 atom stereocenters. The van der Waals surface area contributed by atoms with Crippen LogP contribution in [0, 0.1) is 5.92 Å². The summed E-state index contributed by atoms with van der Waals surface area (Å²) in [5, 5.41) is 21.8.